The molecule has 0 bridgehead atoms. The summed E-state index contributed by atoms with van der Waals surface area (Å²) in [5.41, 5.74) is 0.224. The van der Waals surface area contributed by atoms with Crippen LogP contribution in [0.4, 0.5) is 4.79 Å². The normalized spacial score (nSPS) is 16.1. The van der Waals surface area contributed by atoms with E-state index in [2.05, 4.69) is 17.6 Å². The Hall–Kier alpha value is -1.59. The first-order chi connectivity index (χ1) is 7.97. The van der Waals surface area contributed by atoms with Gasteiger partial charge < -0.3 is 10.4 Å². The summed E-state index contributed by atoms with van der Waals surface area (Å²) in [6, 6.07) is -0.542. The van der Waals surface area contributed by atoms with Gasteiger partial charge in [-0.1, -0.05) is 6.92 Å². The number of carbonyl (C=O) groups excluding carboxylic acids is 2. The summed E-state index contributed by atoms with van der Waals surface area (Å²) in [6.45, 7) is 2.64. The molecule has 0 saturated heterocycles. The minimum atomic E-state index is -1.05. The quantitative estimate of drug-likeness (QED) is 0.644. The van der Waals surface area contributed by atoms with Crippen LogP contribution in [-0.4, -0.2) is 29.6 Å². The number of nitrogens with one attached hydrogen (secondary N) is 2. The van der Waals surface area contributed by atoms with Crippen LogP contribution in [0.5, 0.6) is 0 Å². The van der Waals surface area contributed by atoms with E-state index < -0.39 is 17.9 Å². The molecule has 6 heteroatoms. The van der Waals surface area contributed by atoms with Crippen molar-refractivity contribution in [3.63, 3.8) is 0 Å². The number of carboxylic acids is 1. The van der Waals surface area contributed by atoms with Crippen LogP contribution in [0.3, 0.4) is 0 Å². The highest BCUT2D eigenvalue weighted by Gasteiger charge is 2.40. The Morgan fingerprint density at radius 3 is 2.35 bits per heavy atom. The van der Waals surface area contributed by atoms with Gasteiger partial charge in [-0.05, 0) is 24.7 Å². The number of hydrogen-bond acceptors (Lipinski definition) is 3. The summed E-state index contributed by atoms with van der Waals surface area (Å²) >= 11 is 0. The average molecular weight is 242 g/mol. The predicted octanol–water partition coefficient (Wildman–Crippen LogP) is 0.867. The third-order valence-electron chi connectivity index (χ3n) is 3.15. The van der Waals surface area contributed by atoms with E-state index in [9.17, 15) is 14.4 Å². The average Bonchev–Trinajstić information content (AvgIpc) is 3.04. The molecule has 1 aliphatic rings. The molecule has 0 aromatic heterocycles. The number of carboxylic acid groups (broad SMARTS) is 1. The summed E-state index contributed by atoms with van der Waals surface area (Å²) < 4.78 is 0. The molecule has 1 fully saturated rings. The van der Waals surface area contributed by atoms with Crippen LogP contribution in [-0.2, 0) is 9.59 Å². The smallest absolute Gasteiger partial charge is 0.321 e. The van der Waals surface area contributed by atoms with E-state index in [1.165, 1.54) is 0 Å². The maximum Gasteiger partial charge on any atom is 0.321 e. The van der Waals surface area contributed by atoms with Gasteiger partial charge in [0.15, 0.2) is 0 Å². The lowest BCUT2D eigenvalue weighted by Gasteiger charge is -2.13. The molecular formula is C11H18N2O4. The molecule has 0 atom stereocenters. The van der Waals surface area contributed by atoms with Gasteiger partial charge >= 0.3 is 12.0 Å². The molecule has 96 valence electrons. The van der Waals surface area contributed by atoms with Gasteiger partial charge in [-0.2, -0.15) is 0 Å². The van der Waals surface area contributed by atoms with Crippen LogP contribution >= 0.6 is 0 Å². The monoisotopic (exact) mass is 242 g/mol. The van der Waals surface area contributed by atoms with Gasteiger partial charge in [-0.3, -0.25) is 14.9 Å². The third-order valence-corrected chi connectivity index (χ3v) is 3.15. The molecule has 0 unspecified atom stereocenters. The number of urea groups is 1. The van der Waals surface area contributed by atoms with Gasteiger partial charge in [-0.25, -0.2) is 4.79 Å². The zero-order chi connectivity index (χ0) is 12.9. The van der Waals surface area contributed by atoms with E-state index >= 15 is 0 Å². The number of rotatable bonds is 6. The molecule has 0 radical (unpaired) electrons. The largest absolute Gasteiger partial charge is 0.481 e. The number of carbonyl (C=O) groups is 3. The van der Waals surface area contributed by atoms with E-state index in [0.717, 1.165) is 19.3 Å². The fourth-order valence-electron chi connectivity index (χ4n) is 1.55. The highest BCUT2D eigenvalue weighted by Crippen LogP contribution is 2.47. The lowest BCUT2D eigenvalue weighted by atomic mass is 10.0. The minimum absolute atomic E-state index is 0.179. The van der Waals surface area contributed by atoms with Gasteiger partial charge in [0.05, 0.1) is 6.42 Å². The Morgan fingerprint density at radius 1 is 1.24 bits per heavy atom. The molecule has 3 amide bonds. The van der Waals surface area contributed by atoms with Crippen LogP contribution in [0.1, 0.15) is 39.0 Å². The molecule has 0 aliphatic heterocycles. The molecule has 3 N–H and O–H groups in total. The zero-order valence-corrected chi connectivity index (χ0v) is 9.91. The zero-order valence-electron chi connectivity index (χ0n) is 9.91. The van der Waals surface area contributed by atoms with Gasteiger partial charge in [0, 0.05) is 13.0 Å². The van der Waals surface area contributed by atoms with Crippen molar-refractivity contribution < 1.29 is 19.5 Å². The summed E-state index contributed by atoms with van der Waals surface area (Å²) in [7, 11) is 0. The molecule has 6 nitrogen and oxygen atoms in total. The summed E-state index contributed by atoms with van der Waals surface area (Å²) in [4.78, 5) is 32.6. The second kappa shape index (κ2) is 5.65. The third kappa shape index (κ3) is 4.84. The van der Waals surface area contributed by atoms with Gasteiger partial charge in [-0.15, -0.1) is 0 Å². The first-order valence-corrected chi connectivity index (χ1v) is 5.77. The second-order valence-electron chi connectivity index (χ2n) is 4.48. The Bertz CT molecular complexity index is 323. The van der Waals surface area contributed by atoms with Crippen LogP contribution in [0.25, 0.3) is 0 Å². The number of aliphatic carboxylic acids is 1. The van der Waals surface area contributed by atoms with Gasteiger partial charge in [0.25, 0.3) is 0 Å². The predicted molar refractivity (Wildman–Crippen MR) is 60.4 cm³/mol. The molecule has 0 aromatic carbocycles. The maximum atomic E-state index is 11.3. The van der Waals surface area contributed by atoms with Gasteiger partial charge in [0.2, 0.25) is 5.91 Å². The van der Waals surface area contributed by atoms with Crippen molar-refractivity contribution >= 4 is 17.9 Å². The SMILES string of the molecule is CCC1(CNC(=O)NC(=O)CCC(=O)O)CC1. The number of hydrogen-bond donors (Lipinski definition) is 3. The molecule has 17 heavy (non-hydrogen) atoms. The summed E-state index contributed by atoms with van der Waals surface area (Å²) in [6.07, 6.45) is 2.79. The maximum absolute atomic E-state index is 11.3. The van der Waals surface area contributed by atoms with Crippen molar-refractivity contribution in [2.75, 3.05) is 6.54 Å². The summed E-state index contributed by atoms with van der Waals surface area (Å²) in [5, 5.41) is 13.1. The van der Waals surface area contributed by atoms with Crippen LogP contribution in [0, 0.1) is 5.41 Å². The topological polar surface area (TPSA) is 95.5 Å². The summed E-state index contributed by atoms with van der Waals surface area (Å²) in [5.74, 6) is -1.62. The first kappa shape index (κ1) is 13.5. The Kier molecular flexibility index (Phi) is 4.48. The van der Waals surface area contributed by atoms with Gasteiger partial charge in [0.1, 0.15) is 0 Å². The van der Waals surface area contributed by atoms with E-state index in [0.29, 0.717) is 6.54 Å². The van der Waals surface area contributed by atoms with Crippen molar-refractivity contribution in [3.8, 4) is 0 Å². The van der Waals surface area contributed by atoms with E-state index in [4.69, 9.17) is 5.11 Å². The number of amides is 3. The molecule has 0 spiro atoms. The van der Waals surface area contributed by atoms with Crippen LogP contribution < -0.4 is 10.6 Å². The van der Waals surface area contributed by atoms with Crippen molar-refractivity contribution in [3.05, 3.63) is 0 Å². The second-order valence-corrected chi connectivity index (χ2v) is 4.48. The molecular weight excluding hydrogens is 224 g/mol. The number of imide groups is 1. The molecule has 0 heterocycles. The molecule has 1 aliphatic carbocycles. The van der Waals surface area contributed by atoms with Crippen molar-refractivity contribution in [2.24, 2.45) is 5.41 Å². The lowest BCUT2D eigenvalue weighted by molar-refractivity contribution is -0.138. The fraction of sp³-hybridized carbons (Fsp3) is 0.727. The Labute approximate surface area is 99.8 Å². The van der Waals surface area contributed by atoms with Crippen molar-refractivity contribution in [2.45, 2.75) is 39.0 Å². The Morgan fingerprint density at radius 2 is 1.88 bits per heavy atom. The van der Waals surface area contributed by atoms with Crippen molar-refractivity contribution in [1.29, 1.82) is 0 Å². The standard InChI is InChI=1S/C11H18N2O4/c1-2-11(5-6-11)7-12-10(17)13-8(14)3-4-9(15)16/h2-7H2,1H3,(H,15,16)(H2,12,13,14,17). The van der Waals surface area contributed by atoms with E-state index in [1.807, 2.05) is 0 Å². The van der Waals surface area contributed by atoms with E-state index in [1.54, 1.807) is 0 Å². The first-order valence-electron chi connectivity index (χ1n) is 5.77. The minimum Gasteiger partial charge on any atom is -0.481 e. The molecule has 0 aromatic rings. The Balaban J connectivity index is 2.16. The van der Waals surface area contributed by atoms with Crippen LogP contribution in [0.2, 0.25) is 0 Å². The highest BCUT2D eigenvalue weighted by atomic mass is 16.4. The van der Waals surface area contributed by atoms with E-state index in [-0.39, 0.29) is 18.3 Å². The fourth-order valence-corrected chi connectivity index (χ4v) is 1.55. The van der Waals surface area contributed by atoms with Crippen molar-refractivity contribution in [1.82, 2.24) is 10.6 Å². The molecule has 1 rings (SSSR count). The van der Waals surface area contributed by atoms with Crippen LogP contribution in [0.15, 0.2) is 0 Å². The molecule has 1 saturated carbocycles. The highest BCUT2D eigenvalue weighted by molar-refractivity contribution is 5.95. The lowest BCUT2D eigenvalue weighted by Crippen LogP contribution is -2.41.